The van der Waals surface area contributed by atoms with Crippen LogP contribution in [0.3, 0.4) is 0 Å². The van der Waals surface area contributed by atoms with E-state index in [-0.39, 0.29) is 52.8 Å². The van der Waals surface area contributed by atoms with Crippen LogP contribution in [-0.2, 0) is 4.79 Å². The minimum atomic E-state index is 0. The molecular weight excluding hydrogens is 151 g/mol. The van der Waals surface area contributed by atoms with E-state index in [0.717, 1.165) is 25.5 Å². The number of carbonyl (C=O) groups is 1. The van der Waals surface area contributed by atoms with Gasteiger partial charge in [-0.3, -0.25) is 0 Å². The first-order chi connectivity index (χ1) is 4.06. The summed E-state index contributed by atoms with van der Waals surface area (Å²) in [5.41, 5.74) is 0.392. The van der Waals surface area contributed by atoms with Gasteiger partial charge in [0.1, 0.15) is 6.29 Å². The molecular formula is C8H17KO. The molecule has 0 aromatic heterocycles. The monoisotopic (exact) mass is 168 g/mol. The van der Waals surface area contributed by atoms with Crippen LogP contribution in [0.15, 0.2) is 0 Å². The molecule has 0 aliphatic rings. The summed E-state index contributed by atoms with van der Waals surface area (Å²) in [6, 6.07) is 0. The molecule has 0 N–H and O–H groups in total. The molecule has 0 saturated carbocycles. The fourth-order valence-corrected chi connectivity index (χ4v) is 0.716. The Labute approximate surface area is 108 Å². The number of aldehydes is 1. The van der Waals surface area contributed by atoms with Crippen molar-refractivity contribution in [3.63, 3.8) is 0 Å². The van der Waals surface area contributed by atoms with Gasteiger partial charge < -0.3 is 6.22 Å². The van der Waals surface area contributed by atoms with Crippen molar-refractivity contribution in [3.8, 4) is 0 Å². The molecule has 0 aliphatic heterocycles. The van der Waals surface area contributed by atoms with E-state index in [1.54, 1.807) is 0 Å². The van der Waals surface area contributed by atoms with E-state index in [0.29, 0.717) is 5.41 Å². The Bertz CT molecular complexity index is 88.6. The average molecular weight is 168 g/mol. The van der Waals surface area contributed by atoms with Crippen LogP contribution in [-0.4, -0.2) is 6.29 Å². The topological polar surface area (TPSA) is 17.1 Å². The van der Waals surface area contributed by atoms with Gasteiger partial charge in [0.25, 0.3) is 0 Å². The third-order valence-electron chi connectivity index (χ3n) is 1.25. The molecule has 2 heteroatoms. The van der Waals surface area contributed by atoms with Gasteiger partial charge in [-0.05, 0) is 18.3 Å². The molecule has 0 unspecified atom stereocenters. The Morgan fingerprint density at radius 1 is 1.40 bits per heavy atom. The van der Waals surface area contributed by atoms with Crippen LogP contribution in [0.25, 0.3) is 0 Å². The molecule has 0 bridgehead atoms. The van der Waals surface area contributed by atoms with E-state index in [1.807, 2.05) is 0 Å². The first-order valence-electron chi connectivity index (χ1n) is 3.50. The van der Waals surface area contributed by atoms with Gasteiger partial charge in [0.2, 0.25) is 0 Å². The predicted octanol–water partition coefficient (Wildman–Crippen LogP) is -0.482. The van der Waals surface area contributed by atoms with E-state index in [1.165, 1.54) is 0 Å². The second kappa shape index (κ2) is 6.98. The maximum Gasteiger partial charge on any atom is 1.00 e. The standard InChI is InChI=1S/C8H16O.K.H/c1-8(2,3)6-4-5-7-9;;/h7H,4-6H2,1-3H3;;/q;+1;-1. The maximum atomic E-state index is 9.89. The van der Waals surface area contributed by atoms with Crippen LogP contribution < -0.4 is 51.4 Å². The normalized spacial score (nSPS) is 10.3. The van der Waals surface area contributed by atoms with Gasteiger partial charge in [-0.2, -0.15) is 0 Å². The molecule has 10 heavy (non-hydrogen) atoms. The SMILES string of the molecule is CC(C)(C)CCCC=O.[H-].[K+]. The van der Waals surface area contributed by atoms with Crippen molar-refractivity contribution in [2.45, 2.75) is 40.0 Å². The van der Waals surface area contributed by atoms with Crippen molar-refractivity contribution < 1.29 is 57.6 Å². The quantitative estimate of drug-likeness (QED) is 0.316. The molecule has 56 valence electrons. The molecule has 0 atom stereocenters. The molecule has 0 aliphatic carbocycles. The molecule has 0 fully saturated rings. The van der Waals surface area contributed by atoms with Gasteiger partial charge in [-0.15, -0.1) is 0 Å². The van der Waals surface area contributed by atoms with Crippen molar-refractivity contribution in [2.24, 2.45) is 5.41 Å². The van der Waals surface area contributed by atoms with Crippen LogP contribution in [0.5, 0.6) is 0 Å². The zero-order valence-corrected chi connectivity index (χ0v) is 10.7. The third-order valence-corrected chi connectivity index (χ3v) is 1.25. The fourth-order valence-electron chi connectivity index (χ4n) is 0.716. The molecule has 1 nitrogen and oxygen atoms in total. The second-order valence-corrected chi connectivity index (χ2v) is 3.62. The van der Waals surface area contributed by atoms with Gasteiger partial charge in [-0.1, -0.05) is 20.8 Å². The molecule has 0 amide bonds. The van der Waals surface area contributed by atoms with Gasteiger partial charge >= 0.3 is 51.4 Å². The summed E-state index contributed by atoms with van der Waals surface area (Å²) >= 11 is 0. The average Bonchev–Trinajstić information content (AvgIpc) is 1.63. The largest absolute Gasteiger partial charge is 1.00 e. The summed E-state index contributed by atoms with van der Waals surface area (Å²) in [5.74, 6) is 0. The summed E-state index contributed by atoms with van der Waals surface area (Å²) in [6.07, 6.45) is 3.89. The van der Waals surface area contributed by atoms with Gasteiger partial charge in [0.05, 0.1) is 0 Å². The Morgan fingerprint density at radius 3 is 2.20 bits per heavy atom. The minimum Gasteiger partial charge on any atom is -1.00 e. The minimum absolute atomic E-state index is 0. The predicted molar refractivity (Wildman–Crippen MR) is 40.5 cm³/mol. The zero-order chi connectivity index (χ0) is 7.33. The van der Waals surface area contributed by atoms with Gasteiger partial charge in [0, 0.05) is 6.42 Å². The Balaban J connectivity index is -0.000000320. The van der Waals surface area contributed by atoms with E-state index in [4.69, 9.17) is 0 Å². The first-order valence-corrected chi connectivity index (χ1v) is 3.50. The fraction of sp³-hybridized carbons (Fsp3) is 0.875. The molecule has 0 radical (unpaired) electrons. The molecule has 0 saturated heterocycles. The van der Waals surface area contributed by atoms with Crippen LogP contribution in [0.4, 0.5) is 0 Å². The van der Waals surface area contributed by atoms with Crippen LogP contribution in [0.2, 0.25) is 0 Å². The summed E-state index contributed by atoms with van der Waals surface area (Å²) in [5, 5.41) is 0. The van der Waals surface area contributed by atoms with E-state index in [2.05, 4.69) is 20.8 Å². The molecule has 0 aromatic rings. The number of hydrogen-bond acceptors (Lipinski definition) is 1. The third kappa shape index (κ3) is 12.0. The smallest absolute Gasteiger partial charge is 1.00 e. The van der Waals surface area contributed by atoms with Gasteiger partial charge in [-0.25, -0.2) is 0 Å². The van der Waals surface area contributed by atoms with Crippen molar-refractivity contribution in [1.82, 2.24) is 0 Å². The number of hydrogen-bond donors (Lipinski definition) is 0. The second-order valence-electron chi connectivity index (χ2n) is 3.62. The summed E-state index contributed by atoms with van der Waals surface area (Å²) < 4.78 is 0. The molecule has 0 heterocycles. The van der Waals surface area contributed by atoms with Crippen molar-refractivity contribution in [1.29, 1.82) is 0 Å². The van der Waals surface area contributed by atoms with Gasteiger partial charge in [0.15, 0.2) is 0 Å². The molecule has 0 spiro atoms. The Hall–Kier alpha value is 1.31. The van der Waals surface area contributed by atoms with E-state index in [9.17, 15) is 4.79 Å². The van der Waals surface area contributed by atoms with Crippen molar-refractivity contribution in [2.75, 3.05) is 0 Å². The number of rotatable bonds is 3. The summed E-state index contributed by atoms with van der Waals surface area (Å²) in [6.45, 7) is 6.58. The van der Waals surface area contributed by atoms with E-state index < -0.39 is 0 Å². The number of carbonyl (C=O) groups excluding carboxylic acids is 1. The first kappa shape index (κ1) is 13.9. The van der Waals surface area contributed by atoms with Crippen LogP contribution in [0.1, 0.15) is 41.5 Å². The Kier molecular flexibility index (Phi) is 9.68. The van der Waals surface area contributed by atoms with Crippen molar-refractivity contribution in [3.05, 3.63) is 0 Å². The van der Waals surface area contributed by atoms with Crippen LogP contribution in [0, 0.1) is 5.41 Å². The van der Waals surface area contributed by atoms with Crippen molar-refractivity contribution >= 4 is 6.29 Å². The summed E-state index contributed by atoms with van der Waals surface area (Å²) in [7, 11) is 0. The zero-order valence-electron chi connectivity index (χ0n) is 8.61. The molecule has 0 rings (SSSR count). The Morgan fingerprint density at radius 2 is 1.90 bits per heavy atom. The number of unbranched alkanes of at least 4 members (excludes halogenated alkanes) is 1. The van der Waals surface area contributed by atoms with E-state index >= 15 is 0 Å². The molecule has 0 aromatic carbocycles. The summed E-state index contributed by atoms with van der Waals surface area (Å²) in [4.78, 5) is 9.89. The maximum absolute atomic E-state index is 9.89. The van der Waals surface area contributed by atoms with Crippen LogP contribution >= 0.6 is 0 Å².